The Kier molecular flexibility index (Phi) is 9.17. The molecule has 1 aliphatic rings. The Balaban J connectivity index is 0.00000264. The normalized spacial score (nSPS) is 15.3. The zero-order chi connectivity index (χ0) is 15.8. The van der Waals surface area contributed by atoms with E-state index in [9.17, 15) is 4.79 Å². The summed E-state index contributed by atoms with van der Waals surface area (Å²) in [5.41, 5.74) is 7.15. The zero-order valence-corrected chi connectivity index (χ0v) is 14.5. The predicted molar refractivity (Wildman–Crippen MR) is 93.0 cm³/mol. The van der Waals surface area contributed by atoms with E-state index in [0.29, 0.717) is 19.8 Å². The van der Waals surface area contributed by atoms with E-state index in [2.05, 4.69) is 0 Å². The van der Waals surface area contributed by atoms with Gasteiger partial charge < -0.3 is 20.1 Å². The Labute approximate surface area is 144 Å². The van der Waals surface area contributed by atoms with Crippen molar-refractivity contribution in [3.63, 3.8) is 0 Å². The molecule has 6 heteroatoms. The third-order valence-corrected chi connectivity index (χ3v) is 3.98. The maximum Gasteiger partial charge on any atom is 0.254 e. The smallest absolute Gasteiger partial charge is 0.254 e. The van der Waals surface area contributed by atoms with Crippen LogP contribution in [0.3, 0.4) is 0 Å². The van der Waals surface area contributed by atoms with E-state index >= 15 is 0 Å². The molecule has 0 atom stereocenters. The largest absolute Gasteiger partial charge is 0.380 e. The highest BCUT2D eigenvalue weighted by Gasteiger charge is 2.25. The number of nitrogens with zero attached hydrogens (tertiary/aromatic N) is 1. The van der Waals surface area contributed by atoms with Crippen LogP contribution in [0.4, 0.5) is 0 Å². The topological polar surface area (TPSA) is 64.8 Å². The minimum absolute atomic E-state index is 0. The number of piperidine rings is 1. The number of rotatable bonds is 7. The number of hydrogen-bond acceptors (Lipinski definition) is 4. The van der Waals surface area contributed by atoms with Gasteiger partial charge in [0.2, 0.25) is 0 Å². The number of hydrogen-bond donors (Lipinski definition) is 1. The van der Waals surface area contributed by atoms with Crippen molar-refractivity contribution in [3.05, 3.63) is 35.4 Å². The zero-order valence-electron chi connectivity index (χ0n) is 13.7. The Morgan fingerprint density at radius 3 is 2.65 bits per heavy atom. The van der Waals surface area contributed by atoms with Crippen LogP contribution in [0.5, 0.6) is 0 Å². The van der Waals surface area contributed by atoms with Crippen LogP contribution in [0, 0.1) is 0 Å². The maximum absolute atomic E-state index is 12.7. The van der Waals surface area contributed by atoms with Gasteiger partial charge in [0.1, 0.15) is 0 Å². The van der Waals surface area contributed by atoms with Crippen LogP contribution >= 0.6 is 12.4 Å². The molecule has 0 radical (unpaired) electrons. The number of benzene rings is 1. The molecule has 1 saturated heterocycles. The lowest BCUT2D eigenvalue weighted by Gasteiger charge is -2.32. The summed E-state index contributed by atoms with van der Waals surface area (Å²) in [6, 6.07) is 7.65. The third-order valence-electron chi connectivity index (χ3n) is 3.98. The van der Waals surface area contributed by atoms with Crippen molar-refractivity contribution in [1.82, 2.24) is 4.90 Å². The fourth-order valence-corrected chi connectivity index (χ4v) is 2.74. The van der Waals surface area contributed by atoms with E-state index in [1.807, 2.05) is 29.2 Å². The van der Waals surface area contributed by atoms with Gasteiger partial charge in [0.25, 0.3) is 5.91 Å². The van der Waals surface area contributed by atoms with E-state index in [1.54, 1.807) is 7.11 Å². The van der Waals surface area contributed by atoms with Crippen LogP contribution in [0.25, 0.3) is 0 Å². The Morgan fingerprint density at radius 1 is 1.30 bits per heavy atom. The molecular weight excluding hydrogens is 316 g/mol. The predicted octanol–water partition coefficient (Wildman–Crippen LogP) is 2.22. The summed E-state index contributed by atoms with van der Waals surface area (Å²) in [4.78, 5) is 14.6. The van der Waals surface area contributed by atoms with Crippen LogP contribution in [-0.2, 0) is 16.1 Å². The summed E-state index contributed by atoms with van der Waals surface area (Å²) in [6.07, 6.45) is 2.93. The minimum atomic E-state index is 0. The first-order valence-electron chi connectivity index (χ1n) is 7.94. The minimum Gasteiger partial charge on any atom is -0.380 e. The highest BCUT2D eigenvalue weighted by molar-refractivity contribution is 5.95. The van der Waals surface area contributed by atoms with E-state index in [1.165, 1.54) is 0 Å². The molecule has 1 heterocycles. The average molecular weight is 343 g/mol. The van der Waals surface area contributed by atoms with Crippen molar-refractivity contribution in [1.29, 1.82) is 0 Å². The van der Waals surface area contributed by atoms with Crippen molar-refractivity contribution in [2.45, 2.75) is 32.0 Å². The summed E-state index contributed by atoms with van der Waals surface area (Å²) in [6.45, 7) is 3.32. The summed E-state index contributed by atoms with van der Waals surface area (Å²) in [5, 5.41) is 0. The molecule has 0 bridgehead atoms. The standard InChI is InChI=1S/C17H26N2O3.ClH/c1-21-13-14-5-2-3-6-16(14)17(20)19-10-7-15(8-11-19)22-12-4-9-18;/h2-3,5-6,15H,4,7-13,18H2,1H3;1H. The molecule has 0 aromatic heterocycles. The quantitative estimate of drug-likeness (QED) is 0.772. The van der Waals surface area contributed by atoms with Gasteiger partial charge in [-0.1, -0.05) is 18.2 Å². The van der Waals surface area contributed by atoms with Crippen LogP contribution < -0.4 is 5.73 Å². The maximum atomic E-state index is 12.7. The Bertz CT molecular complexity index is 477. The fourth-order valence-electron chi connectivity index (χ4n) is 2.74. The van der Waals surface area contributed by atoms with Crippen LogP contribution in [0.2, 0.25) is 0 Å². The molecule has 1 aromatic carbocycles. The van der Waals surface area contributed by atoms with Crippen LogP contribution in [0.15, 0.2) is 24.3 Å². The first-order chi connectivity index (χ1) is 10.8. The van der Waals surface area contributed by atoms with Crippen LogP contribution in [-0.4, -0.2) is 50.3 Å². The van der Waals surface area contributed by atoms with Crippen molar-refractivity contribution in [2.24, 2.45) is 5.73 Å². The fraction of sp³-hybridized carbons (Fsp3) is 0.588. The molecule has 1 amide bonds. The number of nitrogens with two attached hydrogens (primary N) is 1. The van der Waals surface area contributed by atoms with Crippen molar-refractivity contribution < 1.29 is 14.3 Å². The molecule has 5 nitrogen and oxygen atoms in total. The molecule has 0 aliphatic carbocycles. The van der Waals surface area contributed by atoms with Crippen molar-refractivity contribution in [2.75, 3.05) is 33.4 Å². The Hall–Kier alpha value is -1.14. The van der Waals surface area contributed by atoms with Gasteiger partial charge in [0.05, 0.1) is 12.7 Å². The molecule has 0 spiro atoms. The van der Waals surface area contributed by atoms with Gasteiger partial charge in [-0.3, -0.25) is 4.79 Å². The molecule has 0 saturated carbocycles. The monoisotopic (exact) mass is 342 g/mol. The molecule has 23 heavy (non-hydrogen) atoms. The van der Waals surface area contributed by atoms with Gasteiger partial charge in [-0.15, -0.1) is 12.4 Å². The first-order valence-corrected chi connectivity index (χ1v) is 7.94. The van der Waals surface area contributed by atoms with Gasteiger partial charge in [-0.05, 0) is 37.4 Å². The van der Waals surface area contributed by atoms with Crippen molar-refractivity contribution in [3.8, 4) is 0 Å². The number of ether oxygens (including phenoxy) is 2. The van der Waals surface area contributed by atoms with Crippen molar-refractivity contribution >= 4 is 18.3 Å². The molecular formula is C17H27ClN2O3. The summed E-state index contributed by atoms with van der Waals surface area (Å²) >= 11 is 0. The van der Waals surface area contributed by atoms with Crippen LogP contribution in [0.1, 0.15) is 35.2 Å². The summed E-state index contributed by atoms with van der Waals surface area (Å²) in [7, 11) is 1.64. The average Bonchev–Trinajstić information content (AvgIpc) is 2.56. The molecule has 2 N–H and O–H groups in total. The highest BCUT2D eigenvalue weighted by Crippen LogP contribution is 2.19. The molecule has 130 valence electrons. The van der Waals surface area contributed by atoms with Gasteiger partial charge in [0, 0.05) is 32.4 Å². The molecule has 1 aromatic rings. The SMILES string of the molecule is COCc1ccccc1C(=O)N1CCC(OCCCN)CC1.Cl. The van der Waals surface area contributed by atoms with Gasteiger partial charge in [-0.2, -0.15) is 0 Å². The lowest BCUT2D eigenvalue weighted by molar-refractivity contribution is 0.00836. The number of halogens is 1. The summed E-state index contributed by atoms with van der Waals surface area (Å²) in [5.74, 6) is 0.0908. The second-order valence-electron chi connectivity index (χ2n) is 5.59. The van der Waals surface area contributed by atoms with Gasteiger partial charge >= 0.3 is 0 Å². The number of amides is 1. The molecule has 1 fully saturated rings. The number of carbonyl (C=O) groups excluding carboxylic acids is 1. The Morgan fingerprint density at radius 2 is 2.00 bits per heavy atom. The second kappa shape index (κ2) is 10.6. The van der Waals surface area contributed by atoms with E-state index in [0.717, 1.165) is 43.5 Å². The highest BCUT2D eigenvalue weighted by atomic mass is 35.5. The molecule has 1 aliphatic heterocycles. The number of methoxy groups -OCH3 is 1. The van der Waals surface area contributed by atoms with E-state index in [-0.39, 0.29) is 24.4 Å². The first kappa shape index (κ1) is 19.9. The molecule has 0 unspecified atom stereocenters. The number of likely N-dealkylation sites (tertiary alicyclic amines) is 1. The number of carbonyl (C=O) groups is 1. The molecule has 2 rings (SSSR count). The lowest BCUT2D eigenvalue weighted by atomic mass is 10.0. The third kappa shape index (κ3) is 5.77. The van der Waals surface area contributed by atoms with Gasteiger partial charge in [-0.25, -0.2) is 0 Å². The lowest BCUT2D eigenvalue weighted by Crippen LogP contribution is -2.41. The van der Waals surface area contributed by atoms with Gasteiger partial charge in [0.15, 0.2) is 0 Å². The second-order valence-corrected chi connectivity index (χ2v) is 5.59. The summed E-state index contributed by atoms with van der Waals surface area (Å²) < 4.78 is 11.0. The van der Waals surface area contributed by atoms with E-state index in [4.69, 9.17) is 15.2 Å². The van der Waals surface area contributed by atoms with E-state index < -0.39 is 0 Å².